The van der Waals surface area contributed by atoms with Gasteiger partial charge in [0.25, 0.3) is 0 Å². The molecule has 0 radical (unpaired) electrons. The van der Waals surface area contributed by atoms with Crippen molar-refractivity contribution in [3.8, 4) is 0 Å². The van der Waals surface area contributed by atoms with Gasteiger partial charge in [-0.1, -0.05) is 0 Å². The number of carbonyl (C=O) groups is 1. The van der Waals surface area contributed by atoms with Crippen molar-refractivity contribution in [3.63, 3.8) is 0 Å². The first-order valence-corrected chi connectivity index (χ1v) is 3.17. The van der Waals surface area contributed by atoms with Gasteiger partial charge < -0.3 is 5.73 Å². The molecular weight excluding hydrogens is 154 g/mol. The summed E-state index contributed by atoms with van der Waals surface area (Å²) in [5.41, 5.74) is 5.29. The Morgan fingerprint density at radius 1 is 1.80 bits per heavy atom. The van der Waals surface area contributed by atoms with Crippen molar-refractivity contribution in [2.75, 3.05) is 0 Å². The minimum absolute atomic E-state index is 0.681. The molecule has 10 heavy (non-hydrogen) atoms. The topological polar surface area (TPSA) is 72.6 Å². The zero-order valence-corrected chi connectivity index (χ0v) is 6.76. The fourth-order valence-electron chi connectivity index (χ4n) is 0.345. The molecule has 60 valence electrons. The van der Waals surface area contributed by atoms with Gasteiger partial charge in [-0.3, -0.25) is 4.89 Å². The second-order valence-electron chi connectivity index (χ2n) is 2.54. The van der Waals surface area contributed by atoms with Crippen molar-refractivity contribution < 1.29 is 14.9 Å². The van der Waals surface area contributed by atoms with Crippen LogP contribution in [0.5, 0.6) is 0 Å². The number of hydrogen-bond acceptors (Lipinski definition) is 5. The summed E-state index contributed by atoms with van der Waals surface area (Å²) in [4.78, 5) is 13.9. The lowest BCUT2D eigenvalue weighted by Gasteiger charge is -2.22. The molecule has 0 amide bonds. The van der Waals surface area contributed by atoms with Crippen LogP contribution in [0.1, 0.15) is 13.8 Å². The van der Waals surface area contributed by atoms with E-state index >= 15 is 0 Å². The van der Waals surface area contributed by atoms with E-state index in [1.807, 2.05) is 0 Å². The SMILES string of the molecule is CC(C)(S)[C@H](N)C(=O)OO. The van der Waals surface area contributed by atoms with Crippen LogP contribution >= 0.6 is 12.6 Å². The van der Waals surface area contributed by atoms with E-state index in [1.165, 1.54) is 0 Å². The van der Waals surface area contributed by atoms with Gasteiger partial charge in [0, 0.05) is 4.75 Å². The van der Waals surface area contributed by atoms with Crippen molar-refractivity contribution in [1.29, 1.82) is 0 Å². The first-order chi connectivity index (χ1) is 4.39. The van der Waals surface area contributed by atoms with Gasteiger partial charge >= 0.3 is 5.97 Å². The molecule has 1 atom stereocenters. The summed E-state index contributed by atoms with van der Waals surface area (Å²) in [6.45, 7) is 3.30. The van der Waals surface area contributed by atoms with Crippen LogP contribution in [-0.4, -0.2) is 22.0 Å². The van der Waals surface area contributed by atoms with Gasteiger partial charge in [0.2, 0.25) is 0 Å². The third-order valence-corrected chi connectivity index (χ3v) is 1.38. The van der Waals surface area contributed by atoms with Crippen molar-refractivity contribution in [2.24, 2.45) is 5.73 Å². The van der Waals surface area contributed by atoms with Crippen molar-refractivity contribution in [3.05, 3.63) is 0 Å². The Bertz CT molecular complexity index is 131. The van der Waals surface area contributed by atoms with Crippen LogP contribution in [0.3, 0.4) is 0 Å². The van der Waals surface area contributed by atoms with E-state index in [0.29, 0.717) is 0 Å². The summed E-state index contributed by atoms with van der Waals surface area (Å²) in [5.74, 6) is -0.875. The fourth-order valence-corrected chi connectivity index (χ4v) is 0.451. The summed E-state index contributed by atoms with van der Waals surface area (Å²) in [7, 11) is 0. The van der Waals surface area contributed by atoms with Crippen LogP contribution in [0.25, 0.3) is 0 Å². The molecule has 3 N–H and O–H groups in total. The van der Waals surface area contributed by atoms with Gasteiger partial charge in [-0.2, -0.15) is 17.9 Å². The number of thiol groups is 1. The molecule has 0 saturated carbocycles. The molecule has 0 fully saturated rings. The molecule has 0 aromatic carbocycles. The van der Waals surface area contributed by atoms with Crippen LogP contribution in [0.4, 0.5) is 0 Å². The Morgan fingerprint density at radius 3 is 2.30 bits per heavy atom. The van der Waals surface area contributed by atoms with Crippen LogP contribution in [0.2, 0.25) is 0 Å². The zero-order valence-electron chi connectivity index (χ0n) is 5.87. The molecule has 0 spiro atoms. The van der Waals surface area contributed by atoms with Crippen LogP contribution < -0.4 is 5.73 Å². The van der Waals surface area contributed by atoms with Gasteiger partial charge in [-0.25, -0.2) is 4.79 Å². The molecule has 0 aliphatic heterocycles. The van der Waals surface area contributed by atoms with E-state index in [1.54, 1.807) is 13.8 Å². The molecule has 0 bridgehead atoms. The Labute approximate surface area is 64.7 Å². The first-order valence-electron chi connectivity index (χ1n) is 2.73. The zero-order chi connectivity index (χ0) is 8.36. The largest absolute Gasteiger partial charge is 0.359 e. The normalized spacial score (nSPS) is 14.5. The maximum atomic E-state index is 10.5. The van der Waals surface area contributed by atoms with Gasteiger partial charge in [-0.05, 0) is 13.8 Å². The van der Waals surface area contributed by atoms with E-state index in [2.05, 4.69) is 17.5 Å². The molecule has 0 rings (SSSR count). The lowest BCUT2D eigenvalue weighted by atomic mass is 10.1. The second kappa shape index (κ2) is 3.23. The highest BCUT2D eigenvalue weighted by atomic mass is 32.1. The smallest absolute Gasteiger partial charge is 0.317 e. The third-order valence-electron chi connectivity index (χ3n) is 1.11. The summed E-state index contributed by atoms with van der Waals surface area (Å²) in [5, 5.41) is 7.91. The minimum Gasteiger partial charge on any atom is -0.317 e. The predicted octanol–water partition coefficient (Wildman–Crippen LogP) is 0.0383. The quantitative estimate of drug-likeness (QED) is 0.307. The monoisotopic (exact) mass is 165 g/mol. The highest BCUT2D eigenvalue weighted by Crippen LogP contribution is 2.16. The molecule has 0 saturated heterocycles. The Hall–Kier alpha value is -0.260. The molecule has 0 aromatic heterocycles. The van der Waals surface area contributed by atoms with Crippen LogP contribution in [0.15, 0.2) is 0 Å². The number of rotatable bonds is 2. The average Bonchev–Trinajstić information content (AvgIpc) is 1.83. The molecule has 4 nitrogen and oxygen atoms in total. The third kappa shape index (κ3) is 2.55. The molecule has 0 aromatic rings. The molecule has 0 heterocycles. The lowest BCUT2D eigenvalue weighted by molar-refractivity contribution is -0.236. The van der Waals surface area contributed by atoms with E-state index in [0.717, 1.165) is 0 Å². The maximum absolute atomic E-state index is 10.5. The highest BCUT2D eigenvalue weighted by Gasteiger charge is 2.30. The summed E-state index contributed by atoms with van der Waals surface area (Å²) >= 11 is 4.01. The maximum Gasteiger partial charge on any atom is 0.359 e. The molecule has 0 aliphatic rings. The second-order valence-corrected chi connectivity index (χ2v) is 3.69. The summed E-state index contributed by atoms with van der Waals surface area (Å²) in [6, 6.07) is -0.916. The number of nitrogens with two attached hydrogens (primary N) is 1. The molecular formula is C5H11NO3S. The number of hydrogen-bond donors (Lipinski definition) is 3. The Morgan fingerprint density at radius 2 is 2.20 bits per heavy atom. The molecule has 0 unspecified atom stereocenters. The van der Waals surface area contributed by atoms with Gasteiger partial charge in [0.05, 0.1) is 0 Å². The van der Waals surface area contributed by atoms with Gasteiger partial charge in [-0.15, -0.1) is 0 Å². The Kier molecular flexibility index (Phi) is 3.14. The van der Waals surface area contributed by atoms with Crippen LogP contribution in [-0.2, 0) is 9.68 Å². The molecule has 5 heteroatoms. The summed E-state index contributed by atoms with van der Waals surface area (Å²) < 4.78 is -0.681. The van der Waals surface area contributed by atoms with E-state index < -0.39 is 16.8 Å². The van der Waals surface area contributed by atoms with Crippen molar-refractivity contribution in [2.45, 2.75) is 24.6 Å². The standard InChI is InChI=1S/C5H11NO3S/c1-5(2,10)3(6)4(7)9-8/h3,8,10H,6H2,1-2H3/t3-/m1/s1. The van der Waals surface area contributed by atoms with E-state index in [9.17, 15) is 4.79 Å². The Balaban J connectivity index is 4.08. The van der Waals surface area contributed by atoms with Gasteiger partial charge in [0.1, 0.15) is 6.04 Å². The van der Waals surface area contributed by atoms with Crippen molar-refractivity contribution >= 4 is 18.6 Å². The molecule has 0 aliphatic carbocycles. The lowest BCUT2D eigenvalue weighted by Crippen LogP contribution is -2.46. The fraction of sp³-hybridized carbons (Fsp3) is 0.800. The van der Waals surface area contributed by atoms with Gasteiger partial charge in [0.15, 0.2) is 0 Å². The van der Waals surface area contributed by atoms with Crippen molar-refractivity contribution in [1.82, 2.24) is 0 Å². The van der Waals surface area contributed by atoms with Crippen LogP contribution in [0, 0.1) is 0 Å². The summed E-state index contributed by atoms with van der Waals surface area (Å²) in [6.07, 6.45) is 0. The predicted molar refractivity (Wildman–Crippen MR) is 39.8 cm³/mol. The minimum atomic E-state index is -0.916. The number of carbonyl (C=O) groups excluding carboxylic acids is 1. The van der Waals surface area contributed by atoms with E-state index in [-0.39, 0.29) is 0 Å². The first kappa shape index (κ1) is 9.74. The highest BCUT2D eigenvalue weighted by molar-refractivity contribution is 7.81. The van der Waals surface area contributed by atoms with E-state index in [4.69, 9.17) is 11.0 Å². The average molecular weight is 165 g/mol.